The third-order valence-corrected chi connectivity index (χ3v) is 2.00. The number of hydrogen-bond acceptors (Lipinski definition) is 0. The first-order chi connectivity index (χ1) is 6.88. The summed E-state index contributed by atoms with van der Waals surface area (Å²) in [6.45, 7) is 0. The Morgan fingerprint density at radius 3 is 1.36 bits per heavy atom. The molecule has 0 amide bonds. The molecule has 0 N–H and O–H groups in total. The Bertz CT molecular complexity index is 379. The lowest BCUT2D eigenvalue weighted by Crippen LogP contribution is -1.95. The van der Waals surface area contributed by atoms with E-state index in [1.165, 1.54) is 4.70 Å². The Hall–Kier alpha value is -1.96. The number of rotatable bonds is 2. The highest BCUT2D eigenvalue weighted by molar-refractivity contribution is 5.50. The van der Waals surface area contributed by atoms with Gasteiger partial charge in [-0.15, -0.1) is 0 Å². The predicted molar refractivity (Wildman–Crippen MR) is 57.7 cm³/mol. The second-order valence-electron chi connectivity index (χ2n) is 2.98. The van der Waals surface area contributed by atoms with Gasteiger partial charge >= 0.3 is 0 Å². The molecular formula is C12H10N2. The first-order valence-corrected chi connectivity index (χ1v) is 4.47. The molecule has 0 aromatic heterocycles. The molecule has 0 spiro atoms. The Morgan fingerprint density at radius 2 is 1.00 bits per heavy atom. The van der Waals surface area contributed by atoms with Crippen LogP contribution in [0.5, 0.6) is 0 Å². The maximum atomic E-state index is 9.83. The van der Waals surface area contributed by atoms with Crippen molar-refractivity contribution in [3.05, 3.63) is 66.2 Å². The first-order valence-electron chi connectivity index (χ1n) is 4.47. The van der Waals surface area contributed by atoms with Crippen molar-refractivity contribution < 1.29 is 0 Å². The zero-order valence-corrected chi connectivity index (χ0v) is 7.67. The van der Waals surface area contributed by atoms with Crippen molar-refractivity contribution >= 4 is 11.4 Å². The minimum absolute atomic E-state index is 0.763. The molecule has 0 aliphatic rings. The first kappa shape index (κ1) is 8.63. The van der Waals surface area contributed by atoms with Crippen LogP contribution in [0.25, 0.3) is 5.53 Å². The van der Waals surface area contributed by atoms with E-state index in [9.17, 15) is 5.53 Å². The van der Waals surface area contributed by atoms with Gasteiger partial charge in [0, 0.05) is 24.3 Å². The van der Waals surface area contributed by atoms with Crippen LogP contribution in [-0.2, 0) is 0 Å². The lowest BCUT2D eigenvalue weighted by Gasteiger charge is -2.03. The Labute approximate surface area is 82.9 Å². The molecule has 2 aromatic carbocycles. The van der Waals surface area contributed by atoms with E-state index in [0.29, 0.717) is 0 Å². The maximum absolute atomic E-state index is 9.83. The average Bonchev–Trinajstić information content (AvgIpc) is 2.30. The molecule has 0 fully saturated rings. The average molecular weight is 182 g/mol. The van der Waals surface area contributed by atoms with E-state index in [0.717, 1.165) is 11.4 Å². The molecule has 68 valence electrons. The molecule has 0 aliphatic carbocycles. The third-order valence-electron chi connectivity index (χ3n) is 2.00. The molecular weight excluding hydrogens is 172 g/mol. The van der Waals surface area contributed by atoms with Gasteiger partial charge in [0.2, 0.25) is 0 Å². The van der Waals surface area contributed by atoms with Crippen molar-refractivity contribution in [3.8, 4) is 0 Å². The minimum atomic E-state index is 0.763. The van der Waals surface area contributed by atoms with Gasteiger partial charge in [-0.3, -0.25) is 0 Å². The van der Waals surface area contributed by atoms with Gasteiger partial charge in [0.1, 0.15) is 0 Å². The van der Waals surface area contributed by atoms with E-state index in [1.807, 2.05) is 60.7 Å². The van der Waals surface area contributed by atoms with Crippen molar-refractivity contribution in [2.24, 2.45) is 0 Å². The molecule has 2 rings (SSSR count). The summed E-state index contributed by atoms with van der Waals surface area (Å²) in [5, 5.41) is 0. The van der Waals surface area contributed by atoms with Gasteiger partial charge < -0.3 is 5.53 Å². The van der Waals surface area contributed by atoms with Crippen molar-refractivity contribution in [2.45, 2.75) is 0 Å². The summed E-state index contributed by atoms with van der Waals surface area (Å²) in [6, 6.07) is 18.8. The monoisotopic (exact) mass is 182 g/mol. The summed E-state index contributed by atoms with van der Waals surface area (Å²) in [5.74, 6) is 0. The van der Waals surface area contributed by atoms with Crippen molar-refractivity contribution in [1.82, 2.24) is 4.70 Å². The fourth-order valence-electron chi connectivity index (χ4n) is 1.29. The van der Waals surface area contributed by atoms with E-state index < -0.39 is 0 Å². The van der Waals surface area contributed by atoms with Crippen LogP contribution in [0.2, 0.25) is 0 Å². The van der Waals surface area contributed by atoms with E-state index >= 15 is 0 Å². The maximum Gasteiger partial charge on any atom is 0.199 e. The smallest absolute Gasteiger partial charge is 0.199 e. The van der Waals surface area contributed by atoms with Gasteiger partial charge in [-0.2, -0.15) is 0 Å². The summed E-state index contributed by atoms with van der Waals surface area (Å²) in [7, 11) is 0. The number of benzene rings is 2. The lowest BCUT2D eigenvalue weighted by molar-refractivity contribution is 1.05. The minimum Gasteiger partial charge on any atom is -0.493 e. The largest absolute Gasteiger partial charge is 0.493 e. The number of hydrogen-bond donors (Lipinski definition) is 0. The van der Waals surface area contributed by atoms with E-state index in [4.69, 9.17) is 0 Å². The van der Waals surface area contributed by atoms with Gasteiger partial charge in [-0.05, 0) is 0 Å². The Morgan fingerprint density at radius 1 is 0.643 bits per heavy atom. The zero-order chi connectivity index (χ0) is 9.80. The Kier molecular flexibility index (Phi) is 2.36. The molecule has 14 heavy (non-hydrogen) atoms. The van der Waals surface area contributed by atoms with E-state index in [2.05, 4.69) is 0 Å². The predicted octanol–water partition coefficient (Wildman–Crippen LogP) is 3.54. The van der Waals surface area contributed by atoms with Gasteiger partial charge in [-0.1, -0.05) is 36.4 Å². The SMILES string of the molecule is [N-]=[N+](c1ccccc1)c1ccccc1. The second kappa shape index (κ2) is 3.83. The number of nitrogens with zero attached hydrogens (tertiary/aromatic N) is 2. The van der Waals surface area contributed by atoms with Gasteiger partial charge in [0.15, 0.2) is 11.4 Å². The molecule has 0 radical (unpaired) electrons. The normalized spacial score (nSPS) is 9.71. The molecule has 0 aliphatic heterocycles. The number of para-hydroxylation sites is 2. The molecule has 0 saturated heterocycles. The molecule has 0 saturated carbocycles. The third kappa shape index (κ3) is 1.69. The quantitative estimate of drug-likeness (QED) is 0.501. The summed E-state index contributed by atoms with van der Waals surface area (Å²) in [5.41, 5.74) is 11.4. The fraction of sp³-hybridized carbons (Fsp3) is 0. The van der Waals surface area contributed by atoms with Crippen LogP contribution in [-0.4, -0.2) is 0 Å². The lowest BCUT2D eigenvalue weighted by atomic mass is 10.2. The molecule has 2 heteroatoms. The van der Waals surface area contributed by atoms with Crippen molar-refractivity contribution in [3.63, 3.8) is 0 Å². The van der Waals surface area contributed by atoms with Crippen LogP contribution in [0, 0.1) is 0 Å². The standard InChI is InChI=1S/C12H10N2/c13-14(11-7-3-1-4-8-11)12-9-5-2-6-10-12/h1-10H. The summed E-state index contributed by atoms with van der Waals surface area (Å²) >= 11 is 0. The van der Waals surface area contributed by atoms with Gasteiger partial charge in [0.25, 0.3) is 0 Å². The van der Waals surface area contributed by atoms with Crippen LogP contribution < -0.4 is 4.70 Å². The van der Waals surface area contributed by atoms with Crippen molar-refractivity contribution in [2.75, 3.05) is 0 Å². The second-order valence-corrected chi connectivity index (χ2v) is 2.98. The zero-order valence-electron chi connectivity index (χ0n) is 7.67. The summed E-state index contributed by atoms with van der Waals surface area (Å²) in [4.78, 5) is 0. The summed E-state index contributed by atoms with van der Waals surface area (Å²) in [6.07, 6.45) is 0. The van der Waals surface area contributed by atoms with Crippen molar-refractivity contribution in [1.29, 1.82) is 0 Å². The topological polar surface area (TPSA) is 25.3 Å². The molecule has 2 aromatic rings. The molecule has 0 unspecified atom stereocenters. The van der Waals surface area contributed by atoms with E-state index in [1.54, 1.807) is 0 Å². The fourth-order valence-corrected chi connectivity index (χ4v) is 1.29. The van der Waals surface area contributed by atoms with Gasteiger partial charge in [-0.25, -0.2) is 4.70 Å². The molecule has 2 nitrogen and oxygen atoms in total. The van der Waals surface area contributed by atoms with Crippen LogP contribution in [0.4, 0.5) is 11.4 Å². The van der Waals surface area contributed by atoms with E-state index in [-0.39, 0.29) is 0 Å². The summed E-state index contributed by atoms with van der Waals surface area (Å²) < 4.78 is 1.17. The van der Waals surface area contributed by atoms with Crippen LogP contribution in [0.3, 0.4) is 0 Å². The van der Waals surface area contributed by atoms with Gasteiger partial charge in [0.05, 0.1) is 0 Å². The highest BCUT2D eigenvalue weighted by atomic mass is 15.2. The highest BCUT2D eigenvalue weighted by Gasteiger charge is 2.03. The van der Waals surface area contributed by atoms with Crippen LogP contribution in [0.15, 0.2) is 60.7 Å². The molecule has 0 bridgehead atoms. The van der Waals surface area contributed by atoms with Crippen LogP contribution in [0.1, 0.15) is 0 Å². The molecule has 0 atom stereocenters. The highest BCUT2D eigenvalue weighted by Crippen LogP contribution is 2.18. The Balaban J connectivity index is 2.35. The molecule has 0 heterocycles. The van der Waals surface area contributed by atoms with Crippen LogP contribution >= 0.6 is 0 Å².